The van der Waals surface area contributed by atoms with Crippen LogP contribution in [0.4, 0.5) is 8.78 Å². The van der Waals surface area contributed by atoms with Gasteiger partial charge in [0, 0.05) is 0 Å². The standard InChI is InChI=1S/C7H5BrF2O2/c8-4-1-2-5(12-3-9)6(10)7(4)11/h1-2,11H,3H2. The lowest BCUT2D eigenvalue weighted by Crippen LogP contribution is -1.93. The Hall–Kier alpha value is -0.840. The number of benzene rings is 1. The van der Waals surface area contributed by atoms with E-state index in [9.17, 15) is 8.78 Å². The molecular weight excluding hydrogens is 234 g/mol. The van der Waals surface area contributed by atoms with E-state index in [0.29, 0.717) is 0 Å². The van der Waals surface area contributed by atoms with E-state index in [4.69, 9.17) is 5.11 Å². The summed E-state index contributed by atoms with van der Waals surface area (Å²) in [4.78, 5) is 0. The Morgan fingerprint density at radius 2 is 2.17 bits per heavy atom. The van der Waals surface area contributed by atoms with Crippen molar-refractivity contribution in [2.24, 2.45) is 0 Å². The number of phenolic OH excluding ortho intramolecular Hbond substituents is 1. The molecule has 0 radical (unpaired) electrons. The van der Waals surface area contributed by atoms with E-state index in [1.165, 1.54) is 12.1 Å². The van der Waals surface area contributed by atoms with Crippen molar-refractivity contribution >= 4 is 15.9 Å². The number of hydrogen-bond acceptors (Lipinski definition) is 2. The Bertz CT molecular complexity index is 291. The Labute approximate surface area is 75.9 Å². The molecule has 0 aliphatic carbocycles. The fourth-order valence-electron chi connectivity index (χ4n) is 0.693. The van der Waals surface area contributed by atoms with Gasteiger partial charge < -0.3 is 9.84 Å². The predicted molar refractivity (Wildman–Crippen MR) is 42.4 cm³/mol. The van der Waals surface area contributed by atoms with Gasteiger partial charge in [-0.05, 0) is 28.1 Å². The van der Waals surface area contributed by atoms with Gasteiger partial charge >= 0.3 is 0 Å². The first-order chi connectivity index (χ1) is 5.66. The zero-order valence-corrected chi connectivity index (χ0v) is 7.44. The molecule has 2 nitrogen and oxygen atoms in total. The second-order valence-corrected chi connectivity index (χ2v) is 2.82. The monoisotopic (exact) mass is 238 g/mol. The molecule has 0 spiro atoms. The van der Waals surface area contributed by atoms with Crippen LogP contribution in [0.1, 0.15) is 0 Å². The van der Waals surface area contributed by atoms with Crippen LogP contribution in [0.15, 0.2) is 16.6 Å². The summed E-state index contributed by atoms with van der Waals surface area (Å²) in [7, 11) is 0. The van der Waals surface area contributed by atoms with Gasteiger partial charge in [-0.25, -0.2) is 4.39 Å². The maximum Gasteiger partial charge on any atom is 0.228 e. The van der Waals surface area contributed by atoms with Crippen LogP contribution in [0.25, 0.3) is 0 Å². The first-order valence-corrected chi connectivity index (χ1v) is 3.82. The molecule has 0 saturated carbocycles. The van der Waals surface area contributed by atoms with E-state index in [-0.39, 0.29) is 10.2 Å². The van der Waals surface area contributed by atoms with Gasteiger partial charge in [0.2, 0.25) is 12.7 Å². The summed E-state index contributed by atoms with van der Waals surface area (Å²) in [6.45, 7) is -1.13. The minimum atomic E-state index is -1.13. The molecule has 0 heterocycles. The molecule has 1 aromatic carbocycles. The lowest BCUT2D eigenvalue weighted by molar-refractivity contribution is 0.182. The van der Waals surface area contributed by atoms with E-state index < -0.39 is 18.4 Å². The summed E-state index contributed by atoms with van der Waals surface area (Å²) in [5.74, 6) is -1.86. The number of aromatic hydroxyl groups is 1. The molecule has 0 aliphatic heterocycles. The highest BCUT2D eigenvalue weighted by molar-refractivity contribution is 9.10. The summed E-state index contributed by atoms with van der Waals surface area (Å²) < 4.78 is 28.9. The molecule has 0 bridgehead atoms. The first-order valence-electron chi connectivity index (χ1n) is 3.02. The molecule has 0 atom stereocenters. The van der Waals surface area contributed by atoms with Gasteiger partial charge in [0.1, 0.15) is 0 Å². The third-order valence-electron chi connectivity index (χ3n) is 1.24. The van der Waals surface area contributed by atoms with Crippen molar-refractivity contribution in [2.45, 2.75) is 0 Å². The lowest BCUT2D eigenvalue weighted by atomic mass is 10.3. The van der Waals surface area contributed by atoms with Crippen molar-refractivity contribution in [3.8, 4) is 11.5 Å². The van der Waals surface area contributed by atoms with Crippen LogP contribution in [0.5, 0.6) is 11.5 Å². The normalized spacial score (nSPS) is 9.92. The van der Waals surface area contributed by atoms with Gasteiger partial charge in [0.25, 0.3) is 0 Å². The predicted octanol–water partition coefficient (Wildman–Crippen LogP) is 2.60. The summed E-state index contributed by atoms with van der Waals surface area (Å²) in [6, 6.07) is 2.59. The molecule has 1 rings (SSSR count). The molecule has 0 fully saturated rings. The molecule has 1 N–H and O–H groups in total. The van der Waals surface area contributed by atoms with Crippen LogP contribution in [-0.4, -0.2) is 12.0 Å². The summed E-state index contributed by atoms with van der Waals surface area (Å²) in [6.07, 6.45) is 0. The van der Waals surface area contributed by atoms with Crippen molar-refractivity contribution in [3.63, 3.8) is 0 Å². The number of hydrogen-bond donors (Lipinski definition) is 1. The average Bonchev–Trinajstić information content (AvgIpc) is 2.07. The Morgan fingerprint density at radius 3 is 2.75 bits per heavy atom. The number of alkyl halides is 1. The van der Waals surface area contributed by atoms with Gasteiger partial charge in [-0.15, -0.1) is 0 Å². The van der Waals surface area contributed by atoms with Crippen molar-refractivity contribution < 1.29 is 18.6 Å². The summed E-state index contributed by atoms with van der Waals surface area (Å²) >= 11 is 2.89. The van der Waals surface area contributed by atoms with Gasteiger partial charge in [0.15, 0.2) is 11.5 Å². The van der Waals surface area contributed by atoms with E-state index in [1.807, 2.05) is 0 Å². The molecule has 0 aromatic heterocycles. The first kappa shape index (κ1) is 9.25. The summed E-state index contributed by atoms with van der Waals surface area (Å²) in [5, 5.41) is 8.99. The van der Waals surface area contributed by atoms with E-state index >= 15 is 0 Å². The number of rotatable bonds is 2. The second-order valence-electron chi connectivity index (χ2n) is 1.96. The smallest absolute Gasteiger partial charge is 0.228 e. The fraction of sp³-hybridized carbons (Fsp3) is 0.143. The quantitative estimate of drug-likeness (QED) is 0.859. The van der Waals surface area contributed by atoms with Crippen LogP contribution < -0.4 is 4.74 Å². The number of halogens is 3. The highest BCUT2D eigenvalue weighted by atomic mass is 79.9. The minimum Gasteiger partial charge on any atom is -0.504 e. The maximum atomic E-state index is 12.9. The zero-order chi connectivity index (χ0) is 9.14. The largest absolute Gasteiger partial charge is 0.504 e. The SMILES string of the molecule is Oc1c(Br)ccc(OCF)c1F. The molecule has 0 aliphatic rings. The molecule has 0 saturated heterocycles. The van der Waals surface area contributed by atoms with Gasteiger partial charge in [-0.3, -0.25) is 0 Å². The number of phenols is 1. The van der Waals surface area contributed by atoms with Crippen molar-refractivity contribution in [1.82, 2.24) is 0 Å². The molecule has 12 heavy (non-hydrogen) atoms. The van der Waals surface area contributed by atoms with Crippen LogP contribution >= 0.6 is 15.9 Å². The summed E-state index contributed by atoms with van der Waals surface area (Å²) in [5.41, 5.74) is 0. The average molecular weight is 239 g/mol. The third-order valence-corrected chi connectivity index (χ3v) is 1.88. The Balaban J connectivity index is 3.08. The highest BCUT2D eigenvalue weighted by Gasteiger charge is 2.11. The Kier molecular flexibility index (Phi) is 2.86. The molecule has 1 aromatic rings. The molecule has 0 unspecified atom stereocenters. The minimum absolute atomic E-state index is 0.200. The van der Waals surface area contributed by atoms with E-state index in [0.717, 1.165) is 0 Å². The van der Waals surface area contributed by atoms with Gasteiger partial charge in [-0.2, -0.15) is 4.39 Å². The zero-order valence-electron chi connectivity index (χ0n) is 5.85. The Morgan fingerprint density at radius 1 is 1.50 bits per heavy atom. The molecule has 5 heteroatoms. The van der Waals surface area contributed by atoms with Crippen molar-refractivity contribution in [3.05, 3.63) is 22.4 Å². The highest BCUT2D eigenvalue weighted by Crippen LogP contribution is 2.32. The van der Waals surface area contributed by atoms with E-state index in [2.05, 4.69) is 20.7 Å². The van der Waals surface area contributed by atoms with Crippen molar-refractivity contribution in [1.29, 1.82) is 0 Å². The van der Waals surface area contributed by atoms with Crippen LogP contribution in [0.2, 0.25) is 0 Å². The van der Waals surface area contributed by atoms with Gasteiger partial charge in [-0.1, -0.05) is 0 Å². The molecular formula is C7H5BrF2O2. The fourth-order valence-corrected chi connectivity index (χ4v) is 0.999. The van der Waals surface area contributed by atoms with Crippen LogP contribution in [0.3, 0.4) is 0 Å². The second kappa shape index (κ2) is 3.71. The lowest BCUT2D eigenvalue weighted by Gasteiger charge is -2.04. The van der Waals surface area contributed by atoms with Crippen LogP contribution in [0, 0.1) is 5.82 Å². The molecule has 66 valence electrons. The van der Waals surface area contributed by atoms with Gasteiger partial charge in [0.05, 0.1) is 4.47 Å². The number of ether oxygens (including phenoxy) is 1. The van der Waals surface area contributed by atoms with Crippen molar-refractivity contribution in [2.75, 3.05) is 6.86 Å². The van der Waals surface area contributed by atoms with Crippen LogP contribution in [-0.2, 0) is 0 Å². The maximum absolute atomic E-state index is 12.9. The third kappa shape index (κ3) is 1.66. The topological polar surface area (TPSA) is 29.5 Å². The molecule has 0 amide bonds. The van der Waals surface area contributed by atoms with E-state index in [1.54, 1.807) is 0 Å².